The minimum Gasteiger partial charge on any atom is -0.376 e. The molecule has 2 aromatic rings. The summed E-state index contributed by atoms with van der Waals surface area (Å²) in [4.78, 5) is 14.7. The summed E-state index contributed by atoms with van der Waals surface area (Å²) in [5.74, 6) is 0.0730. The average molecular weight is 313 g/mol. The van der Waals surface area contributed by atoms with Crippen molar-refractivity contribution in [3.8, 4) is 5.69 Å². The molecule has 1 fully saturated rings. The molecule has 0 bridgehead atoms. The maximum atomic E-state index is 12.8. The highest BCUT2D eigenvalue weighted by Crippen LogP contribution is 2.18. The number of ether oxygens (including phenoxy) is 1. The summed E-state index contributed by atoms with van der Waals surface area (Å²) in [6.07, 6.45) is 6.82. The van der Waals surface area contributed by atoms with Crippen LogP contribution in [0.4, 0.5) is 0 Å². The van der Waals surface area contributed by atoms with Crippen molar-refractivity contribution < 1.29 is 9.53 Å². The van der Waals surface area contributed by atoms with E-state index in [0.717, 1.165) is 38.1 Å². The van der Waals surface area contributed by atoms with Crippen LogP contribution in [0.3, 0.4) is 0 Å². The standard InChI is InChI=1S/C18H23N3O2/c1-2-12-23-17-8-4-10-20(14-17)18(22)15-6-3-7-16(13-15)21-11-5-9-19-21/h3,5-7,9,11,13,17H,2,4,8,10,12,14H2,1H3/t17-/m0/s1. The molecule has 1 aliphatic rings. The van der Waals surface area contributed by atoms with Crippen molar-refractivity contribution in [1.29, 1.82) is 0 Å². The molecule has 5 nitrogen and oxygen atoms in total. The summed E-state index contributed by atoms with van der Waals surface area (Å²) in [5.41, 5.74) is 1.60. The Morgan fingerprint density at radius 3 is 3.09 bits per heavy atom. The third-order valence-corrected chi connectivity index (χ3v) is 4.09. The predicted molar refractivity (Wildman–Crippen MR) is 88.7 cm³/mol. The van der Waals surface area contributed by atoms with E-state index >= 15 is 0 Å². The van der Waals surface area contributed by atoms with Gasteiger partial charge in [-0.1, -0.05) is 13.0 Å². The molecule has 0 radical (unpaired) electrons. The summed E-state index contributed by atoms with van der Waals surface area (Å²) in [5, 5.41) is 4.22. The molecule has 1 saturated heterocycles. The number of aromatic nitrogens is 2. The Hall–Kier alpha value is -2.14. The molecule has 1 aromatic heterocycles. The highest BCUT2D eigenvalue weighted by molar-refractivity contribution is 5.94. The second-order valence-electron chi connectivity index (χ2n) is 5.89. The number of piperidine rings is 1. The topological polar surface area (TPSA) is 47.4 Å². The van der Waals surface area contributed by atoms with Gasteiger partial charge in [0.2, 0.25) is 0 Å². The molecule has 1 aromatic carbocycles. The maximum absolute atomic E-state index is 12.8. The van der Waals surface area contributed by atoms with Gasteiger partial charge >= 0.3 is 0 Å². The summed E-state index contributed by atoms with van der Waals surface area (Å²) in [6, 6.07) is 9.49. The fourth-order valence-electron chi connectivity index (χ4n) is 2.93. The zero-order valence-electron chi connectivity index (χ0n) is 13.5. The van der Waals surface area contributed by atoms with Gasteiger partial charge in [-0.05, 0) is 43.5 Å². The van der Waals surface area contributed by atoms with Gasteiger partial charge in [0.15, 0.2) is 0 Å². The molecular formula is C18H23N3O2. The van der Waals surface area contributed by atoms with Gasteiger partial charge in [-0.25, -0.2) is 4.68 Å². The van der Waals surface area contributed by atoms with Crippen LogP contribution in [0.5, 0.6) is 0 Å². The molecule has 0 saturated carbocycles. The molecule has 0 spiro atoms. The zero-order chi connectivity index (χ0) is 16.1. The van der Waals surface area contributed by atoms with Crippen LogP contribution in [-0.4, -0.2) is 46.4 Å². The van der Waals surface area contributed by atoms with Gasteiger partial charge < -0.3 is 9.64 Å². The third-order valence-electron chi connectivity index (χ3n) is 4.09. The summed E-state index contributed by atoms with van der Waals surface area (Å²) >= 11 is 0. The number of carbonyl (C=O) groups excluding carboxylic acids is 1. The molecule has 0 aliphatic carbocycles. The Morgan fingerprint density at radius 2 is 2.30 bits per heavy atom. The van der Waals surface area contributed by atoms with Crippen LogP contribution in [0, 0.1) is 0 Å². The number of hydrogen-bond donors (Lipinski definition) is 0. The van der Waals surface area contributed by atoms with Crippen molar-refractivity contribution in [2.24, 2.45) is 0 Å². The van der Waals surface area contributed by atoms with Crippen LogP contribution in [0.1, 0.15) is 36.5 Å². The highest BCUT2D eigenvalue weighted by Gasteiger charge is 2.25. The number of amides is 1. The second-order valence-corrected chi connectivity index (χ2v) is 5.89. The number of carbonyl (C=O) groups is 1. The molecule has 1 amide bonds. The van der Waals surface area contributed by atoms with E-state index in [1.165, 1.54) is 0 Å². The number of rotatable bonds is 5. The Morgan fingerprint density at radius 1 is 1.39 bits per heavy atom. The van der Waals surface area contributed by atoms with Gasteiger partial charge in [0, 0.05) is 37.7 Å². The van der Waals surface area contributed by atoms with E-state index in [0.29, 0.717) is 12.1 Å². The lowest BCUT2D eigenvalue weighted by Gasteiger charge is -2.32. The SMILES string of the molecule is CCCO[C@H]1CCCN(C(=O)c2cccc(-n3cccn3)c2)C1. The van der Waals surface area contributed by atoms with Gasteiger partial charge in [-0.15, -0.1) is 0 Å². The largest absolute Gasteiger partial charge is 0.376 e. The minimum absolute atomic E-state index is 0.0730. The van der Waals surface area contributed by atoms with Gasteiger partial charge in [-0.3, -0.25) is 4.79 Å². The Labute approximate surface area is 136 Å². The van der Waals surface area contributed by atoms with Crippen molar-refractivity contribution in [2.75, 3.05) is 19.7 Å². The van der Waals surface area contributed by atoms with Gasteiger partial charge in [0.1, 0.15) is 0 Å². The van der Waals surface area contributed by atoms with Crippen LogP contribution in [0.2, 0.25) is 0 Å². The molecule has 122 valence electrons. The second kappa shape index (κ2) is 7.42. The van der Waals surface area contributed by atoms with E-state index in [2.05, 4.69) is 12.0 Å². The maximum Gasteiger partial charge on any atom is 0.254 e. The van der Waals surface area contributed by atoms with E-state index in [9.17, 15) is 4.79 Å². The number of benzene rings is 1. The highest BCUT2D eigenvalue weighted by atomic mass is 16.5. The van der Waals surface area contributed by atoms with Crippen molar-refractivity contribution in [3.05, 3.63) is 48.3 Å². The smallest absolute Gasteiger partial charge is 0.254 e. The fourth-order valence-corrected chi connectivity index (χ4v) is 2.93. The predicted octanol–water partition coefficient (Wildman–Crippen LogP) is 2.90. The molecular weight excluding hydrogens is 290 g/mol. The van der Waals surface area contributed by atoms with E-state index in [1.807, 2.05) is 41.4 Å². The van der Waals surface area contributed by atoms with Gasteiger partial charge in [-0.2, -0.15) is 5.10 Å². The molecule has 1 atom stereocenters. The molecule has 1 aliphatic heterocycles. The van der Waals surface area contributed by atoms with E-state index in [1.54, 1.807) is 10.9 Å². The van der Waals surface area contributed by atoms with E-state index in [4.69, 9.17) is 4.74 Å². The quantitative estimate of drug-likeness (QED) is 0.853. The van der Waals surface area contributed by atoms with Crippen LogP contribution in [0.25, 0.3) is 5.69 Å². The summed E-state index contributed by atoms with van der Waals surface area (Å²) in [6.45, 7) is 4.36. The van der Waals surface area contributed by atoms with Crippen molar-refractivity contribution >= 4 is 5.91 Å². The van der Waals surface area contributed by atoms with Crippen LogP contribution in [0.15, 0.2) is 42.7 Å². The van der Waals surface area contributed by atoms with E-state index < -0.39 is 0 Å². The lowest BCUT2D eigenvalue weighted by atomic mass is 10.1. The molecule has 2 heterocycles. The molecule has 23 heavy (non-hydrogen) atoms. The first-order valence-electron chi connectivity index (χ1n) is 8.29. The molecule has 3 rings (SSSR count). The minimum atomic E-state index is 0.0730. The number of likely N-dealkylation sites (tertiary alicyclic amines) is 1. The number of nitrogens with zero attached hydrogens (tertiary/aromatic N) is 3. The van der Waals surface area contributed by atoms with Crippen LogP contribution in [-0.2, 0) is 4.74 Å². The first-order valence-corrected chi connectivity index (χ1v) is 8.29. The molecule has 0 N–H and O–H groups in total. The Kier molecular flexibility index (Phi) is 5.08. The Bertz CT molecular complexity index is 639. The monoisotopic (exact) mass is 313 g/mol. The number of hydrogen-bond acceptors (Lipinski definition) is 3. The lowest BCUT2D eigenvalue weighted by molar-refractivity contribution is 0.00211. The first-order chi connectivity index (χ1) is 11.3. The first kappa shape index (κ1) is 15.7. The van der Waals surface area contributed by atoms with Gasteiger partial charge in [0.05, 0.1) is 11.8 Å². The lowest BCUT2D eigenvalue weighted by Crippen LogP contribution is -2.43. The summed E-state index contributed by atoms with van der Waals surface area (Å²) in [7, 11) is 0. The summed E-state index contributed by atoms with van der Waals surface area (Å²) < 4.78 is 7.59. The molecule has 5 heteroatoms. The average Bonchev–Trinajstić information content (AvgIpc) is 3.14. The van der Waals surface area contributed by atoms with Crippen LogP contribution < -0.4 is 0 Å². The normalized spacial score (nSPS) is 18.1. The molecule has 0 unspecified atom stereocenters. The van der Waals surface area contributed by atoms with Crippen molar-refractivity contribution in [2.45, 2.75) is 32.3 Å². The van der Waals surface area contributed by atoms with Crippen molar-refractivity contribution in [3.63, 3.8) is 0 Å². The van der Waals surface area contributed by atoms with E-state index in [-0.39, 0.29) is 12.0 Å². The third kappa shape index (κ3) is 3.79. The fraction of sp³-hybridized carbons (Fsp3) is 0.444. The van der Waals surface area contributed by atoms with Crippen LogP contribution >= 0.6 is 0 Å². The Balaban J connectivity index is 1.71. The van der Waals surface area contributed by atoms with Gasteiger partial charge in [0.25, 0.3) is 5.91 Å². The zero-order valence-corrected chi connectivity index (χ0v) is 13.5. The van der Waals surface area contributed by atoms with Crippen molar-refractivity contribution in [1.82, 2.24) is 14.7 Å².